The van der Waals surface area contributed by atoms with E-state index >= 15 is 0 Å². The maximum absolute atomic E-state index is 13.1. The highest BCUT2D eigenvalue weighted by atomic mass is 32.2. The molecular formula is C23H25N9O7S3. The van der Waals surface area contributed by atoms with E-state index in [-0.39, 0.29) is 33.8 Å². The van der Waals surface area contributed by atoms with Crippen LogP contribution in [0.15, 0.2) is 45.7 Å². The first-order valence-corrected chi connectivity index (χ1v) is 14.9. The molecule has 3 atom stereocenters. The summed E-state index contributed by atoms with van der Waals surface area (Å²) in [7, 11) is 0. The van der Waals surface area contributed by atoms with Crippen LogP contribution in [0.1, 0.15) is 12.6 Å². The maximum Gasteiger partial charge on any atom is 0.347 e. The molecular weight excluding hydrogens is 611 g/mol. The van der Waals surface area contributed by atoms with Crippen molar-refractivity contribution in [3.8, 4) is 0 Å². The minimum atomic E-state index is -1.55. The highest BCUT2D eigenvalue weighted by Gasteiger charge is 2.53. The Kier molecular flexibility index (Phi) is 9.22. The molecule has 16 nitrogen and oxygen atoms in total. The average Bonchev–Trinajstić information content (AvgIpc) is 3.36. The van der Waals surface area contributed by atoms with Gasteiger partial charge in [-0.25, -0.2) is 14.3 Å². The van der Waals surface area contributed by atoms with Crippen molar-refractivity contribution in [1.29, 1.82) is 0 Å². The zero-order chi connectivity index (χ0) is 30.7. The molecule has 2 aliphatic rings. The Morgan fingerprint density at radius 2 is 2.14 bits per heavy atom. The number of carbonyl (C=O) groups is 4. The molecule has 42 heavy (non-hydrogen) atoms. The number of carbonyl (C=O) groups excluding carboxylic acids is 3. The third-order valence-electron chi connectivity index (χ3n) is 5.91. The maximum atomic E-state index is 13.1. The molecule has 0 bridgehead atoms. The van der Waals surface area contributed by atoms with Gasteiger partial charge in [0, 0.05) is 16.9 Å². The summed E-state index contributed by atoms with van der Waals surface area (Å²) in [5.74, 6) is -3.58. The van der Waals surface area contributed by atoms with Crippen molar-refractivity contribution in [2.24, 2.45) is 5.16 Å². The number of fused-ring (bicyclic) bond motifs is 1. The molecule has 0 radical (unpaired) electrons. The van der Waals surface area contributed by atoms with Crippen molar-refractivity contribution in [1.82, 2.24) is 20.2 Å². The van der Waals surface area contributed by atoms with Gasteiger partial charge < -0.3 is 42.4 Å². The lowest BCUT2D eigenvalue weighted by atomic mass is 10.0. The van der Waals surface area contributed by atoms with Gasteiger partial charge in [0.1, 0.15) is 17.1 Å². The van der Waals surface area contributed by atoms with Gasteiger partial charge in [0.25, 0.3) is 11.8 Å². The second-order valence-corrected chi connectivity index (χ2v) is 11.7. The number of oxime groups is 1. The second kappa shape index (κ2) is 12.7. The molecule has 3 unspecified atom stereocenters. The lowest BCUT2D eigenvalue weighted by Crippen LogP contribution is -2.71. The summed E-state index contributed by atoms with van der Waals surface area (Å²) in [6.45, 7) is 5.25. The Labute approximate surface area is 250 Å². The fourth-order valence-corrected chi connectivity index (χ4v) is 6.96. The van der Waals surface area contributed by atoms with Crippen molar-refractivity contribution in [2.45, 2.75) is 36.1 Å². The SMILES string of the molecule is C=CC[n+]1c(N)cc(N)nc1SCC1=C(C(=O)[O-])N2C(=O)C(NC(=O)/C(=N\OC(C)C(=O)O)c3csc(N)n3)C2SC1. The number of carboxylic acids is 2. The number of carboxylic acid groups (broad SMARTS) is 2. The molecule has 1 saturated heterocycles. The average molecular weight is 636 g/mol. The van der Waals surface area contributed by atoms with Crippen LogP contribution in [0.3, 0.4) is 0 Å². The minimum Gasteiger partial charge on any atom is -0.543 e. The first-order valence-electron chi connectivity index (χ1n) is 12.0. The summed E-state index contributed by atoms with van der Waals surface area (Å²) in [5.41, 5.74) is 17.2. The first-order chi connectivity index (χ1) is 19.9. The zero-order valence-corrected chi connectivity index (χ0v) is 24.3. The lowest BCUT2D eigenvalue weighted by Gasteiger charge is -2.50. The van der Waals surface area contributed by atoms with E-state index in [1.165, 1.54) is 41.9 Å². The van der Waals surface area contributed by atoms with Crippen LogP contribution < -0.4 is 32.2 Å². The predicted octanol–water partition coefficient (Wildman–Crippen LogP) is -1.85. The van der Waals surface area contributed by atoms with Crippen LogP contribution in [0.2, 0.25) is 0 Å². The number of allylic oxidation sites excluding steroid dienone is 1. The number of thioether (sulfide) groups is 2. The summed E-state index contributed by atoms with van der Waals surface area (Å²) < 4.78 is 1.66. The third-order valence-corrected chi connectivity index (χ3v) is 8.98. The van der Waals surface area contributed by atoms with Crippen molar-refractivity contribution in [3.05, 3.63) is 41.1 Å². The number of aliphatic carboxylic acids is 2. The van der Waals surface area contributed by atoms with Crippen LogP contribution >= 0.6 is 34.9 Å². The second-order valence-electron chi connectivity index (χ2n) is 8.77. The molecule has 8 N–H and O–H groups in total. The van der Waals surface area contributed by atoms with Crippen molar-refractivity contribution in [2.75, 3.05) is 28.7 Å². The summed E-state index contributed by atoms with van der Waals surface area (Å²) in [6, 6.07) is 0.376. The van der Waals surface area contributed by atoms with Crippen LogP contribution in [0.25, 0.3) is 0 Å². The van der Waals surface area contributed by atoms with Gasteiger partial charge in [-0.3, -0.25) is 14.5 Å². The molecule has 0 spiro atoms. The Morgan fingerprint density at radius 3 is 2.76 bits per heavy atom. The molecule has 4 rings (SSSR count). The number of rotatable bonds is 12. The number of nitrogens with zero attached hydrogens (tertiary/aromatic N) is 5. The van der Waals surface area contributed by atoms with E-state index in [1.54, 1.807) is 10.6 Å². The van der Waals surface area contributed by atoms with E-state index in [0.717, 1.165) is 16.2 Å². The number of nitrogen functional groups attached to an aromatic ring is 3. The van der Waals surface area contributed by atoms with Crippen molar-refractivity contribution < 1.29 is 38.8 Å². The molecule has 19 heteroatoms. The molecule has 1 fully saturated rings. The van der Waals surface area contributed by atoms with Gasteiger partial charge in [0.2, 0.25) is 17.7 Å². The number of nitrogens with one attached hydrogen (secondary N) is 1. The standard InChI is InChI=1S/C23H25N9O7S3/c1-3-4-31-13(25)5-12(24)28-23(31)42-7-10-6-40-19-15(18(34)32(19)16(10)21(37)38)29-17(33)14(11-8-41-22(26)27-11)30-39-9(2)20(35)36/h3,5,8-9,15,19H,1,4,6-7H2,2H3,(H8,24,25,26,27,29,33,35,36,37,38)/b30-14-. The number of thiazole rings is 1. The Hall–Kier alpha value is -4.36. The quantitative estimate of drug-likeness (QED) is 0.0326. The summed E-state index contributed by atoms with van der Waals surface area (Å²) in [5, 5.41) is 28.6. The summed E-state index contributed by atoms with van der Waals surface area (Å²) in [4.78, 5) is 63.8. The molecule has 2 aromatic rings. The number of amides is 2. The van der Waals surface area contributed by atoms with E-state index in [0.29, 0.717) is 23.1 Å². The smallest absolute Gasteiger partial charge is 0.347 e. The third kappa shape index (κ3) is 6.26. The molecule has 4 heterocycles. The van der Waals surface area contributed by atoms with Gasteiger partial charge in [-0.1, -0.05) is 22.8 Å². The van der Waals surface area contributed by atoms with Gasteiger partial charge in [-0.05, 0) is 24.3 Å². The van der Waals surface area contributed by atoms with Gasteiger partial charge in [-0.2, -0.15) is 0 Å². The minimum absolute atomic E-state index is 0.00614. The molecule has 2 amide bonds. The molecule has 0 saturated carbocycles. The largest absolute Gasteiger partial charge is 0.543 e. The molecule has 0 aliphatic carbocycles. The van der Waals surface area contributed by atoms with E-state index < -0.39 is 47.0 Å². The Balaban J connectivity index is 1.53. The predicted molar refractivity (Wildman–Crippen MR) is 152 cm³/mol. The fraction of sp³-hybridized carbons (Fsp3) is 0.304. The molecule has 2 aromatic heterocycles. The van der Waals surface area contributed by atoms with E-state index in [4.69, 9.17) is 27.1 Å². The van der Waals surface area contributed by atoms with Crippen molar-refractivity contribution in [3.63, 3.8) is 0 Å². The number of nitrogens with two attached hydrogens (primary N) is 3. The van der Waals surface area contributed by atoms with Gasteiger partial charge >= 0.3 is 11.1 Å². The number of aromatic nitrogens is 3. The van der Waals surface area contributed by atoms with Crippen LogP contribution in [-0.4, -0.2) is 78.5 Å². The van der Waals surface area contributed by atoms with Gasteiger partial charge in [0.15, 0.2) is 10.8 Å². The number of anilines is 3. The highest BCUT2D eigenvalue weighted by Crippen LogP contribution is 2.41. The summed E-state index contributed by atoms with van der Waals surface area (Å²) in [6.07, 6.45) is 0.243. The van der Waals surface area contributed by atoms with Crippen LogP contribution in [0.4, 0.5) is 16.8 Å². The van der Waals surface area contributed by atoms with Crippen molar-refractivity contribution >= 4 is 81.1 Å². The Morgan fingerprint density at radius 1 is 1.40 bits per heavy atom. The first kappa shape index (κ1) is 30.6. The van der Waals surface area contributed by atoms with E-state index in [9.17, 15) is 24.3 Å². The lowest BCUT2D eigenvalue weighted by molar-refractivity contribution is -0.713. The molecule has 2 aliphatic heterocycles. The van der Waals surface area contributed by atoms with E-state index in [2.05, 4.69) is 27.0 Å². The van der Waals surface area contributed by atoms with Gasteiger partial charge in [-0.15, -0.1) is 23.1 Å². The van der Waals surface area contributed by atoms with Crippen LogP contribution in [-0.2, 0) is 30.6 Å². The normalized spacial score (nSPS) is 19.0. The van der Waals surface area contributed by atoms with Gasteiger partial charge in [0.05, 0.1) is 24.3 Å². The fourth-order valence-electron chi connectivity index (χ4n) is 3.89. The number of hydrogen-bond acceptors (Lipinski definition) is 15. The van der Waals surface area contributed by atoms with E-state index in [1.807, 2.05) is 0 Å². The monoisotopic (exact) mass is 635 g/mol. The number of β-lactam (4-membered cyclic amide) rings is 1. The Bertz CT molecular complexity index is 1530. The molecule has 222 valence electrons. The summed E-state index contributed by atoms with van der Waals surface area (Å²) >= 11 is 3.43. The van der Waals surface area contributed by atoms with Crippen LogP contribution in [0.5, 0.6) is 0 Å². The zero-order valence-electron chi connectivity index (χ0n) is 21.9. The molecule has 0 aromatic carbocycles. The number of hydrogen-bond donors (Lipinski definition) is 5. The highest BCUT2D eigenvalue weighted by molar-refractivity contribution is 8.01. The topological polar surface area (TPSA) is 256 Å². The van der Waals surface area contributed by atoms with Crippen LogP contribution in [0, 0.1) is 0 Å².